The Morgan fingerprint density at radius 1 is 1.25 bits per heavy atom. The Balaban J connectivity index is 1.67. The van der Waals surface area contributed by atoms with Gasteiger partial charge < -0.3 is 0 Å². The van der Waals surface area contributed by atoms with Crippen LogP contribution in [0.25, 0.3) is 15.9 Å². The summed E-state index contributed by atoms with van der Waals surface area (Å²) in [7, 11) is 0. The summed E-state index contributed by atoms with van der Waals surface area (Å²) < 4.78 is 2.62. The largest absolute Gasteiger partial charge is 0.251 e. The zero-order valence-electron chi connectivity index (χ0n) is 12.8. The number of aromatic amines is 1. The fourth-order valence-corrected chi connectivity index (χ4v) is 5.84. The maximum absolute atomic E-state index is 5.47. The molecule has 0 spiro atoms. The highest BCUT2D eigenvalue weighted by atomic mass is 32.2. The third kappa shape index (κ3) is 2.22. The van der Waals surface area contributed by atoms with Gasteiger partial charge in [-0.05, 0) is 42.6 Å². The SMILES string of the molecule is S=c1[nH]nc2c3c4c(sc3nc(SCc3ccccc3)n12)CCC4. The molecule has 4 aromatic rings. The third-order valence-electron chi connectivity index (χ3n) is 4.40. The Hall–Kier alpha value is -1.70. The van der Waals surface area contributed by atoms with Gasteiger partial charge in [0.05, 0.1) is 5.39 Å². The van der Waals surface area contributed by atoms with Crippen LogP contribution < -0.4 is 0 Å². The Morgan fingerprint density at radius 2 is 2.12 bits per heavy atom. The fourth-order valence-electron chi connectivity index (χ4n) is 3.30. The molecule has 24 heavy (non-hydrogen) atoms. The molecule has 0 aliphatic heterocycles. The molecule has 0 saturated carbocycles. The molecule has 3 aromatic heterocycles. The molecule has 0 bridgehead atoms. The number of rotatable bonds is 3. The zero-order valence-corrected chi connectivity index (χ0v) is 15.2. The van der Waals surface area contributed by atoms with E-state index in [0.29, 0.717) is 4.77 Å². The smallest absolute Gasteiger partial charge is 0.201 e. The van der Waals surface area contributed by atoms with Crippen LogP contribution in [0.1, 0.15) is 22.4 Å². The fraction of sp³-hybridized carbons (Fsp3) is 0.235. The lowest BCUT2D eigenvalue weighted by atomic mass is 10.2. The first-order valence-corrected chi connectivity index (χ1v) is 10.1. The molecule has 0 radical (unpaired) electrons. The topological polar surface area (TPSA) is 46.0 Å². The first-order valence-electron chi connectivity index (χ1n) is 7.89. The number of thioether (sulfide) groups is 1. The average Bonchev–Trinajstić information content (AvgIpc) is 3.28. The molecular weight excluding hydrogens is 356 g/mol. The predicted molar refractivity (Wildman–Crippen MR) is 102 cm³/mol. The van der Waals surface area contributed by atoms with Crippen LogP contribution in [0.2, 0.25) is 0 Å². The summed E-state index contributed by atoms with van der Waals surface area (Å²) >= 11 is 9.00. The third-order valence-corrected chi connectivity index (χ3v) is 6.87. The minimum absolute atomic E-state index is 0.618. The molecule has 0 unspecified atom stereocenters. The van der Waals surface area contributed by atoms with Gasteiger partial charge in [-0.1, -0.05) is 42.1 Å². The lowest BCUT2D eigenvalue weighted by molar-refractivity contribution is 0.902. The highest BCUT2D eigenvalue weighted by Gasteiger charge is 2.23. The molecule has 120 valence electrons. The van der Waals surface area contributed by atoms with E-state index < -0.39 is 0 Å². The van der Waals surface area contributed by atoms with Crippen molar-refractivity contribution in [3.8, 4) is 0 Å². The van der Waals surface area contributed by atoms with Crippen LogP contribution >= 0.6 is 35.3 Å². The second-order valence-electron chi connectivity index (χ2n) is 5.89. The minimum Gasteiger partial charge on any atom is -0.251 e. The zero-order chi connectivity index (χ0) is 16.1. The van der Waals surface area contributed by atoms with E-state index in [4.69, 9.17) is 17.2 Å². The summed E-state index contributed by atoms with van der Waals surface area (Å²) in [6, 6.07) is 10.4. The van der Waals surface area contributed by atoms with Crippen LogP contribution in [0, 0.1) is 4.77 Å². The lowest BCUT2D eigenvalue weighted by Crippen LogP contribution is -1.96. The van der Waals surface area contributed by atoms with Crippen molar-refractivity contribution < 1.29 is 0 Å². The van der Waals surface area contributed by atoms with Gasteiger partial charge in [0.2, 0.25) is 4.77 Å². The van der Waals surface area contributed by atoms with Gasteiger partial charge in [0.1, 0.15) is 4.83 Å². The van der Waals surface area contributed by atoms with Gasteiger partial charge in [0.25, 0.3) is 0 Å². The lowest BCUT2D eigenvalue weighted by Gasteiger charge is -2.05. The van der Waals surface area contributed by atoms with Crippen molar-refractivity contribution in [1.82, 2.24) is 19.6 Å². The van der Waals surface area contributed by atoms with E-state index >= 15 is 0 Å². The van der Waals surface area contributed by atoms with E-state index in [2.05, 4.69) is 34.5 Å². The number of hydrogen-bond acceptors (Lipinski definition) is 5. The first-order chi connectivity index (χ1) is 11.8. The van der Waals surface area contributed by atoms with Crippen LogP contribution in [0.3, 0.4) is 0 Å². The van der Waals surface area contributed by atoms with E-state index in [1.807, 2.05) is 21.8 Å². The number of aromatic nitrogens is 4. The quantitative estimate of drug-likeness (QED) is 0.320. The van der Waals surface area contributed by atoms with Crippen molar-refractivity contribution in [3.63, 3.8) is 0 Å². The molecule has 3 heterocycles. The first kappa shape index (κ1) is 14.6. The molecule has 7 heteroatoms. The number of fused-ring (bicyclic) bond motifs is 5. The Bertz CT molecular complexity index is 1110. The van der Waals surface area contributed by atoms with Crippen molar-refractivity contribution in [2.24, 2.45) is 0 Å². The van der Waals surface area contributed by atoms with E-state index in [-0.39, 0.29) is 0 Å². The van der Waals surface area contributed by atoms with Crippen LogP contribution in [0.5, 0.6) is 0 Å². The van der Waals surface area contributed by atoms with Crippen molar-refractivity contribution in [2.75, 3.05) is 0 Å². The second-order valence-corrected chi connectivity index (χ2v) is 8.31. The summed E-state index contributed by atoms with van der Waals surface area (Å²) in [6.45, 7) is 0. The summed E-state index contributed by atoms with van der Waals surface area (Å²) in [6.07, 6.45) is 3.53. The Labute approximate surface area is 151 Å². The van der Waals surface area contributed by atoms with Crippen molar-refractivity contribution in [1.29, 1.82) is 0 Å². The van der Waals surface area contributed by atoms with Crippen molar-refractivity contribution in [2.45, 2.75) is 30.2 Å². The molecule has 1 aliphatic carbocycles. The number of nitrogens with zero attached hydrogens (tertiary/aromatic N) is 3. The second kappa shape index (κ2) is 5.68. The van der Waals surface area contributed by atoms with Crippen molar-refractivity contribution >= 4 is 51.2 Å². The average molecular weight is 371 g/mol. The van der Waals surface area contributed by atoms with E-state index in [0.717, 1.165) is 27.8 Å². The van der Waals surface area contributed by atoms with Gasteiger partial charge >= 0.3 is 0 Å². The van der Waals surface area contributed by atoms with Crippen LogP contribution in [0.4, 0.5) is 0 Å². The Kier molecular flexibility index (Phi) is 3.46. The predicted octanol–water partition coefficient (Wildman–Crippen LogP) is 4.78. The van der Waals surface area contributed by atoms with E-state index in [1.165, 1.54) is 34.2 Å². The van der Waals surface area contributed by atoms with Gasteiger partial charge in [0.15, 0.2) is 10.8 Å². The summed E-state index contributed by atoms with van der Waals surface area (Å²) in [5, 5.41) is 9.58. The number of nitrogens with one attached hydrogen (secondary N) is 1. The van der Waals surface area contributed by atoms with Crippen LogP contribution in [-0.2, 0) is 18.6 Å². The molecule has 0 atom stereocenters. The molecule has 0 saturated heterocycles. The number of benzene rings is 1. The molecule has 0 fully saturated rings. The maximum atomic E-state index is 5.47. The number of thiophene rings is 1. The number of aryl methyl sites for hydroxylation is 2. The van der Waals surface area contributed by atoms with E-state index in [1.54, 1.807) is 11.8 Å². The maximum Gasteiger partial charge on any atom is 0.201 e. The molecule has 1 aromatic carbocycles. The van der Waals surface area contributed by atoms with Gasteiger partial charge in [-0.25, -0.2) is 9.38 Å². The summed E-state index contributed by atoms with van der Waals surface area (Å²) in [5.41, 5.74) is 3.64. The van der Waals surface area contributed by atoms with Gasteiger partial charge in [-0.15, -0.1) is 11.3 Å². The molecule has 4 nitrogen and oxygen atoms in total. The van der Waals surface area contributed by atoms with Crippen LogP contribution in [-0.4, -0.2) is 19.6 Å². The van der Waals surface area contributed by atoms with Gasteiger partial charge in [0, 0.05) is 10.6 Å². The van der Waals surface area contributed by atoms with E-state index in [9.17, 15) is 0 Å². The van der Waals surface area contributed by atoms with Gasteiger partial charge in [-0.2, -0.15) is 5.10 Å². The van der Waals surface area contributed by atoms with Crippen molar-refractivity contribution in [3.05, 3.63) is 51.1 Å². The molecule has 0 amide bonds. The van der Waals surface area contributed by atoms with Crippen LogP contribution in [0.15, 0.2) is 35.5 Å². The summed E-state index contributed by atoms with van der Waals surface area (Å²) in [4.78, 5) is 7.50. The monoisotopic (exact) mass is 370 g/mol. The molecular formula is C17H14N4S3. The highest BCUT2D eigenvalue weighted by molar-refractivity contribution is 7.98. The minimum atomic E-state index is 0.618. The standard InChI is InChI=1S/C17H14N4S3/c22-16-20-19-14-13-11-7-4-8-12(11)24-15(13)18-17(21(14)16)23-9-10-5-2-1-3-6-10/h1-3,5-6H,4,7-9H2,(H,20,22). The highest BCUT2D eigenvalue weighted by Crippen LogP contribution is 2.39. The Morgan fingerprint density at radius 3 is 3.00 bits per heavy atom. The molecule has 1 aliphatic rings. The van der Waals surface area contributed by atoms with Gasteiger partial charge in [-0.3, -0.25) is 5.10 Å². The molecule has 1 N–H and O–H groups in total. The number of hydrogen-bond donors (Lipinski definition) is 1. The normalized spacial score (nSPS) is 13.8. The molecule has 5 rings (SSSR count). The summed E-state index contributed by atoms with van der Waals surface area (Å²) in [5.74, 6) is 0.868. The number of H-pyrrole nitrogens is 1.